The highest BCUT2D eigenvalue weighted by Gasteiger charge is 2.33. The van der Waals surface area contributed by atoms with E-state index in [2.05, 4.69) is 31.9 Å². The van der Waals surface area contributed by atoms with Gasteiger partial charge in [-0.2, -0.15) is 0 Å². The Morgan fingerprint density at radius 3 is 2.57 bits per heavy atom. The Morgan fingerprint density at radius 1 is 1.10 bits per heavy atom. The first kappa shape index (κ1) is 20.4. The van der Waals surface area contributed by atoms with Gasteiger partial charge in [-0.25, -0.2) is 0 Å². The molecular weight excluding hydrogens is 462 g/mol. The fourth-order valence-corrected chi connectivity index (χ4v) is 4.23. The molecule has 5 nitrogen and oxygen atoms in total. The minimum Gasteiger partial charge on any atom is -0.496 e. The molecule has 0 aromatic heterocycles. The molecule has 1 atom stereocenters. The van der Waals surface area contributed by atoms with E-state index in [9.17, 15) is 4.79 Å². The number of amides is 1. The average Bonchev–Trinajstić information content (AvgIpc) is 2.73. The van der Waals surface area contributed by atoms with E-state index in [1.807, 2.05) is 67.6 Å². The van der Waals surface area contributed by atoms with Gasteiger partial charge in [0.25, 0.3) is 5.91 Å². The van der Waals surface area contributed by atoms with E-state index in [-0.39, 0.29) is 5.91 Å². The second-order valence-electron chi connectivity index (χ2n) is 6.93. The number of carbonyl (C=O) groups excluding carboxylic acids is 1. The van der Waals surface area contributed by atoms with Crippen LogP contribution in [0.15, 0.2) is 76.4 Å². The number of halogens is 1. The summed E-state index contributed by atoms with van der Waals surface area (Å²) in [4.78, 5) is 13.3. The smallest absolute Gasteiger partial charge is 0.255 e. The normalized spacial score (nSPS) is 16.1. The number of anilines is 1. The second kappa shape index (κ2) is 8.45. The first-order valence-corrected chi connectivity index (χ1v) is 10.6. The van der Waals surface area contributed by atoms with Gasteiger partial charge in [0, 0.05) is 21.4 Å². The van der Waals surface area contributed by atoms with Gasteiger partial charge in [0.05, 0.1) is 18.7 Å². The zero-order valence-corrected chi connectivity index (χ0v) is 18.9. The summed E-state index contributed by atoms with van der Waals surface area (Å²) in [6.45, 7) is 1.86. The molecule has 3 aromatic rings. The number of fused-ring (bicyclic) bond motifs is 1. The topological polar surface area (TPSA) is 62.4 Å². The molecule has 152 valence electrons. The van der Waals surface area contributed by atoms with Gasteiger partial charge in [0.2, 0.25) is 0 Å². The largest absolute Gasteiger partial charge is 0.496 e. The van der Waals surface area contributed by atoms with Crippen molar-refractivity contribution in [2.75, 3.05) is 12.4 Å². The van der Waals surface area contributed by atoms with Gasteiger partial charge < -0.3 is 20.7 Å². The van der Waals surface area contributed by atoms with Crippen molar-refractivity contribution < 1.29 is 9.53 Å². The molecule has 0 radical (unpaired) electrons. The summed E-state index contributed by atoms with van der Waals surface area (Å²) in [7, 11) is 1.63. The van der Waals surface area contributed by atoms with Crippen molar-refractivity contribution in [3.63, 3.8) is 0 Å². The summed E-state index contributed by atoms with van der Waals surface area (Å²) >= 11 is 8.82. The van der Waals surface area contributed by atoms with Crippen LogP contribution in [0.1, 0.15) is 18.5 Å². The highest BCUT2D eigenvalue weighted by molar-refractivity contribution is 9.10. The molecule has 0 saturated heterocycles. The van der Waals surface area contributed by atoms with Crippen LogP contribution in [0.25, 0.3) is 10.8 Å². The average molecular weight is 482 g/mol. The van der Waals surface area contributed by atoms with E-state index < -0.39 is 6.04 Å². The summed E-state index contributed by atoms with van der Waals surface area (Å²) < 4.78 is 6.62. The van der Waals surface area contributed by atoms with Crippen LogP contribution in [0, 0.1) is 0 Å². The predicted octanol–water partition coefficient (Wildman–Crippen LogP) is 5.04. The number of thiocarbonyl (C=S) groups is 1. The number of nitrogens with one attached hydrogen (secondary N) is 3. The fraction of sp³-hybridized carbons (Fsp3) is 0.130. The highest BCUT2D eigenvalue weighted by Crippen LogP contribution is 2.38. The van der Waals surface area contributed by atoms with Crippen LogP contribution in [0.5, 0.6) is 5.75 Å². The van der Waals surface area contributed by atoms with Crippen molar-refractivity contribution in [3.8, 4) is 5.75 Å². The maximum absolute atomic E-state index is 13.3. The van der Waals surface area contributed by atoms with E-state index >= 15 is 0 Å². The molecule has 3 N–H and O–H groups in total. The van der Waals surface area contributed by atoms with Crippen molar-refractivity contribution in [1.29, 1.82) is 0 Å². The maximum atomic E-state index is 13.3. The van der Waals surface area contributed by atoms with Crippen molar-refractivity contribution in [1.82, 2.24) is 10.6 Å². The second-order valence-corrected chi connectivity index (χ2v) is 8.26. The molecular formula is C23H20BrN3O2S. The summed E-state index contributed by atoms with van der Waals surface area (Å²) in [5.41, 5.74) is 2.84. The van der Waals surface area contributed by atoms with Crippen LogP contribution in [0.2, 0.25) is 0 Å². The van der Waals surface area contributed by atoms with Crippen LogP contribution >= 0.6 is 28.1 Å². The Hall–Kier alpha value is -2.90. The minimum absolute atomic E-state index is 0.211. The maximum Gasteiger partial charge on any atom is 0.255 e. The van der Waals surface area contributed by atoms with Gasteiger partial charge in [-0.3, -0.25) is 4.79 Å². The van der Waals surface area contributed by atoms with E-state index in [4.69, 9.17) is 17.0 Å². The summed E-state index contributed by atoms with van der Waals surface area (Å²) in [6, 6.07) is 19.0. The minimum atomic E-state index is -0.463. The third kappa shape index (κ3) is 3.91. The molecule has 0 saturated carbocycles. The van der Waals surface area contributed by atoms with Gasteiger partial charge >= 0.3 is 0 Å². The Bertz CT molecular complexity index is 1170. The lowest BCUT2D eigenvalue weighted by molar-refractivity contribution is -0.113. The van der Waals surface area contributed by atoms with Crippen molar-refractivity contribution in [2.24, 2.45) is 0 Å². The Labute approximate surface area is 188 Å². The number of hydrogen-bond acceptors (Lipinski definition) is 3. The van der Waals surface area contributed by atoms with Crippen molar-refractivity contribution in [2.45, 2.75) is 13.0 Å². The lowest BCUT2D eigenvalue weighted by atomic mass is 9.90. The van der Waals surface area contributed by atoms with Gasteiger partial charge in [-0.15, -0.1) is 0 Å². The van der Waals surface area contributed by atoms with Crippen LogP contribution in [0.4, 0.5) is 5.69 Å². The zero-order chi connectivity index (χ0) is 21.3. The number of benzene rings is 3. The molecule has 0 fully saturated rings. The van der Waals surface area contributed by atoms with Crippen LogP contribution < -0.4 is 20.7 Å². The Kier molecular flexibility index (Phi) is 5.74. The summed E-state index contributed by atoms with van der Waals surface area (Å²) in [5.74, 6) is 0.481. The third-order valence-corrected chi connectivity index (χ3v) is 5.80. The van der Waals surface area contributed by atoms with Crippen molar-refractivity contribution in [3.05, 3.63) is 82.0 Å². The number of ether oxygens (including phenoxy) is 1. The van der Waals surface area contributed by atoms with E-state index in [1.54, 1.807) is 7.11 Å². The molecule has 7 heteroatoms. The lowest BCUT2D eigenvalue weighted by Crippen LogP contribution is -2.46. The van der Waals surface area contributed by atoms with E-state index in [0.717, 1.165) is 20.8 Å². The van der Waals surface area contributed by atoms with Crippen LogP contribution in [-0.4, -0.2) is 18.1 Å². The molecule has 1 amide bonds. The predicted molar refractivity (Wildman–Crippen MR) is 128 cm³/mol. The molecule has 1 heterocycles. The zero-order valence-electron chi connectivity index (χ0n) is 16.5. The fourth-order valence-electron chi connectivity index (χ4n) is 3.69. The first-order valence-electron chi connectivity index (χ1n) is 9.39. The standard InChI is InChI=1S/C23H20BrN3O2S/c1-13-19(22(28)26-16-10-8-15(24)9-11-16)21(27-23(30)25-13)20-17-6-4-3-5-14(17)7-12-18(20)29-2/h3-12,21H,1-2H3,(H,26,28)(H2,25,27,30)/t21-/m1/s1. The molecule has 0 aliphatic carbocycles. The molecule has 1 aliphatic rings. The van der Waals surface area contributed by atoms with E-state index in [0.29, 0.717) is 27.8 Å². The molecule has 3 aromatic carbocycles. The number of allylic oxidation sites excluding steroid dienone is 1. The lowest BCUT2D eigenvalue weighted by Gasteiger charge is -2.32. The molecule has 0 unspecified atom stereocenters. The number of carbonyl (C=O) groups is 1. The Morgan fingerprint density at radius 2 is 1.83 bits per heavy atom. The quantitative estimate of drug-likeness (QED) is 0.455. The van der Waals surface area contributed by atoms with Crippen LogP contribution in [-0.2, 0) is 4.79 Å². The molecule has 4 rings (SSSR count). The van der Waals surface area contributed by atoms with Gasteiger partial charge in [-0.05, 0) is 60.2 Å². The number of hydrogen-bond donors (Lipinski definition) is 3. The van der Waals surface area contributed by atoms with Gasteiger partial charge in [0.1, 0.15) is 5.75 Å². The third-order valence-electron chi connectivity index (χ3n) is 5.06. The summed E-state index contributed by atoms with van der Waals surface area (Å²) in [5, 5.41) is 11.9. The molecule has 0 spiro atoms. The summed E-state index contributed by atoms with van der Waals surface area (Å²) in [6.07, 6.45) is 0. The van der Waals surface area contributed by atoms with Crippen molar-refractivity contribution >= 4 is 55.6 Å². The highest BCUT2D eigenvalue weighted by atomic mass is 79.9. The molecule has 1 aliphatic heterocycles. The van der Waals surface area contributed by atoms with E-state index in [1.165, 1.54) is 0 Å². The Balaban J connectivity index is 1.82. The molecule has 0 bridgehead atoms. The molecule has 30 heavy (non-hydrogen) atoms. The van der Waals surface area contributed by atoms with Crippen LogP contribution in [0.3, 0.4) is 0 Å². The number of methoxy groups -OCH3 is 1. The van der Waals surface area contributed by atoms with Gasteiger partial charge in [0.15, 0.2) is 5.11 Å². The SMILES string of the molecule is COc1ccc2ccccc2c1[C@@H]1NC(=S)NC(C)=C1C(=O)Nc1ccc(Br)cc1. The number of rotatable bonds is 4. The first-order chi connectivity index (χ1) is 14.5. The monoisotopic (exact) mass is 481 g/mol. The van der Waals surface area contributed by atoms with Gasteiger partial charge in [-0.1, -0.05) is 46.3 Å².